The highest BCUT2D eigenvalue weighted by molar-refractivity contribution is 6.54. The minimum Gasteiger partial charge on any atom is -0.487 e. The zero-order chi connectivity index (χ0) is 20.6. The standard InChI is InChI=1S/C24H23NO4/c1-4-28-23(27)15-9-11-16(12-10-15)25-20-17-7-5-6-8-18(17)22-19(21(20)26)13-14-24(2,3)29-22/h5-12H,4,13-14H2,1-3H3. The lowest BCUT2D eigenvalue weighted by molar-refractivity contribution is -0.110. The van der Waals surface area contributed by atoms with Crippen LogP contribution in [0.3, 0.4) is 0 Å². The number of hydrogen-bond donors (Lipinski definition) is 0. The number of hydrogen-bond acceptors (Lipinski definition) is 5. The van der Waals surface area contributed by atoms with Crippen molar-refractivity contribution in [2.75, 3.05) is 6.61 Å². The molecule has 0 saturated carbocycles. The molecule has 2 aromatic carbocycles. The summed E-state index contributed by atoms with van der Waals surface area (Å²) in [6.07, 6.45) is 1.44. The van der Waals surface area contributed by atoms with E-state index in [0.717, 1.165) is 17.5 Å². The number of ether oxygens (including phenoxy) is 2. The van der Waals surface area contributed by atoms with Crippen LogP contribution < -0.4 is 0 Å². The van der Waals surface area contributed by atoms with E-state index in [9.17, 15) is 9.59 Å². The third kappa shape index (κ3) is 3.60. The van der Waals surface area contributed by atoms with Gasteiger partial charge in [0.05, 0.1) is 17.9 Å². The van der Waals surface area contributed by atoms with Crippen molar-refractivity contribution in [1.82, 2.24) is 0 Å². The average molecular weight is 389 g/mol. The zero-order valence-electron chi connectivity index (χ0n) is 16.8. The summed E-state index contributed by atoms with van der Waals surface area (Å²) in [5.41, 5.74) is 3.53. The fourth-order valence-corrected chi connectivity index (χ4v) is 3.64. The number of ketones is 1. The topological polar surface area (TPSA) is 65.0 Å². The summed E-state index contributed by atoms with van der Waals surface area (Å²) in [4.78, 5) is 29.7. The van der Waals surface area contributed by atoms with E-state index in [1.807, 2.05) is 38.1 Å². The van der Waals surface area contributed by atoms with Gasteiger partial charge in [-0.05, 0) is 57.9 Å². The van der Waals surface area contributed by atoms with E-state index in [0.29, 0.717) is 41.3 Å². The van der Waals surface area contributed by atoms with Crippen molar-refractivity contribution in [1.29, 1.82) is 0 Å². The molecular weight excluding hydrogens is 366 g/mol. The first-order valence-corrected chi connectivity index (χ1v) is 9.82. The molecular formula is C24H23NO4. The van der Waals surface area contributed by atoms with Gasteiger partial charge >= 0.3 is 5.97 Å². The summed E-state index contributed by atoms with van der Waals surface area (Å²) in [5.74, 6) is 0.213. The van der Waals surface area contributed by atoms with E-state index in [2.05, 4.69) is 4.99 Å². The molecule has 2 aromatic rings. The van der Waals surface area contributed by atoms with E-state index in [4.69, 9.17) is 9.47 Å². The van der Waals surface area contributed by atoms with E-state index < -0.39 is 0 Å². The van der Waals surface area contributed by atoms with E-state index in [-0.39, 0.29) is 17.4 Å². The molecule has 1 aliphatic carbocycles. The van der Waals surface area contributed by atoms with E-state index in [1.54, 1.807) is 31.2 Å². The normalized spacial score (nSPS) is 18.7. The van der Waals surface area contributed by atoms with Crippen molar-refractivity contribution in [2.24, 2.45) is 4.99 Å². The SMILES string of the molecule is CCOC(=O)c1ccc(N=C2C(=O)C3=C(OC(C)(C)CC3)c3ccccc32)cc1. The van der Waals surface area contributed by atoms with Crippen LogP contribution in [0.25, 0.3) is 5.76 Å². The Balaban J connectivity index is 1.75. The van der Waals surface area contributed by atoms with Gasteiger partial charge in [-0.3, -0.25) is 4.79 Å². The molecule has 0 saturated heterocycles. The van der Waals surface area contributed by atoms with Gasteiger partial charge in [-0.15, -0.1) is 0 Å². The van der Waals surface area contributed by atoms with Gasteiger partial charge in [0.15, 0.2) is 0 Å². The quantitative estimate of drug-likeness (QED) is 0.703. The predicted molar refractivity (Wildman–Crippen MR) is 111 cm³/mol. The number of fused-ring (bicyclic) bond motifs is 2. The molecule has 2 aliphatic rings. The van der Waals surface area contributed by atoms with Gasteiger partial charge in [0, 0.05) is 16.7 Å². The third-order valence-electron chi connectivity index (χ3n) is 5.16. The maximum absolute atomic E-state index is 13.3. The maximum Gasteiger partial charge on any atom is 0.338 e. The minimum atomic E-state index is -0.373. The molecule has 0 spiro atoms. The molecule has 1 heterocycles. The number of aliphatic imine (C=N–C) groups is 1. The number of nitrogens with zero attached hydrogens (tertiary/aromatic N) is 1. The summed E-state index contributed by atoms with van der Waals surface area (Å²) in [7, 11) is 0. The first-order valence-electron chi connectivity index (χ1n) is 9.82. The fraction of sp³-hybridized carbons (Fsp3) is 0.292. The molecule has 4 rings (SSSR count). The molecule has 0 unspecified atom stereocenters. The highest BCUT2D eigenvalue weighted by Gasteiger charge is 2.38. The van der Waals surface area contributed by atoms with Crippen LogP contribution in [0.5, 0.6) is 0 Å². The van der Waals surface area contributed by atoms with Gasteiger partial charge in [-0.2, -0.15) is 0 Å². The lowest BCUT2D eigenvalue weighted by Gasteiger charge is -2.36. The van der Waals surface area contributed by atoms with Gasteiger partial charge in [0.2, 0.25) is 5.78 Å². The number of Topliss-reactive ketones (excluding diaryl/α,β-unsaturated/α-hetero) is 1. The molecule has 29 heavy (non-hydrogen) atoms. The van der Waals surface area contributed by atoms with Crippen LogP contribution in [0.2, 0.25) is 0 Å². The lowest BCUT2D eigenvalue weighted by Crippen LogP contribution is -2.34. The Morgan fingerprint density at radius 1 is 1.10 bits per heavy atom. The first kappa shape index (κ1) is 19.1. The molecule has 0 amide bonds. The Labute approximate surface area is 170 Å². The third-order valence-corrected chi connectivity index (χ3v) is 5.16. The van der Waals surface area contributed by atoms with Gasteiger partial charge in [0.25, 0.3) is 0 Å². The van der Waals surface area contributed by atoms with Crippen molar-refractivity contribution in [3.63, 3.8) is 0 Å². The lowest BCUT2D eigenvalue weighted by atomic mass is 9.82. The smallest absolute Gasteiger partial charge is 0.338 e. The largest absolute Gasteiger partial charge is 0.487 e. The second-order valence-electron chi connectivity index (χ2n) is 7.77. The maximum atomic E-state index is 13.3. The predicted octanol–water partition coefficient (Wildman–Crippen LogP) is 4.87. The van der Waals surface area contributed by atoms with E-state index in [1.165, 1.54) is 0 Å². The minimum absolute atomic E-state index is 0.0938. The molecule has 148 valence electrons. The van der Waals surface area contributed by atoms with Crippen molar-refractivity contribution in [3.8, 4) is 0 Å². The molecule has 0 radical (unpaired) electrons. The van der Waals surface area contributed by atoms with Crippen molar-refractivity contribution >= 4 is 28.9 Å². The molecule has 0 bridgehead atoms. The van der Waals surface area contributed by atoms with Gasteiger partial charge in [-0.25, -0.2) is 9.79 Å². The molecule has 1 aliphatic heterocycles. The van der Waals surface area contributed by atoms with Crippen LogP contribution in [-0.2, 0) is 14.3 Å². The average Bonchev–Trinajstić information content (AvgIpc) is 2.71. The van der Waals surface area contributed by atoms with Crippen LogP contribution in [0, 0.1) is 0 Å². The summed E-state index contributed by atoms with van der Waals surface area (Å²) in [5, 5.41) is 0. The van der Waals surface area contributed by atoms with Crippen LogP contribution in [-0.4, -0.2) is 29.7 Å². The number of carbonyl (C=O) groups is 2. The Hall–Kier alpha value is -3.21. The highest BCUT2D eigenvalue weighted by Crippen LogP contribution is 2.41. The summed E-state index contributed by atoms with van der Waals surface area (Å²) < 4.78 is 11.2. The summed E-state index contributed by atoms with van der Waals surface area (Å²) >= 11 is 0. The molecule has 5 nitrogen and oxygen atoms in total. The van der Waals surface area contributed by atoms with Crippen molar-refractivity contribution < 1.29 is 19.1 Å². The number of benzene rings is 2. The monoisotopic (exact) mass is 389 g/mol. The number of esters is 1. The van der Waals surface area contributed by atoms with E-state index >= 15 is 0 Å². The second-order valence-corrected chi connectivity index (χ2v) is 7.77. The van der Waals surface area contributed by atoms with Crippen LogP contribution >= 0.6 is 0 Å². The van der Waals surface area contributed by atoms with Gasteiger partial charge in [-0.1, -0.05) is 24.3 Å². The second kappa shape index (κ2) is 7.32. The number of carbonyl (C=O) groups excluding carboxylic acids is 2. The zero-order valence-corrected chi connectivity index (χ0v) is 16.8. The highest BCUT2D eigenvalue weighted by atomic mass is 16.5. The summed E-state index contributed by atoms with van der Waals surface area (Å²) in [6.45, 7) is 6.17. The molecule has 0 aromatic heterocycles. The van der Waals surface area contributed by atoms with Crippen LogP contribution in [0.4, 0.5) is 5.69 Å². The number of allylic oxidation sites excluding steroid dienone is 1. The Bertz CT molecular complexity index is 1040. The molecule has 0 atom stereocenters. The van der Waals surface area contributed by atoms with Crippen LogP contribution in [0.15, 0.2) is 59.1 Å². The number of rotatable bonds is 3. The Morgan fingerprint density at radius 2 is 1.79 bits per heavy atom. The van der Waals surface area contributed by atoms with Crippen LogP contribution in [0.1, 0.15) is 55.1 Å². The molecule has 5 heteroatoms. The first-order chi connectivity index (χ1) is 13.9. The van der Waals surface area contributed by atoms with Crippen molar-refractivity contribution in [3.05, 3.63) is 70.8 Å². The van der Waals surface area contributed by atoms with Gasteiger partial charge < -0.3 is 9.47 Å². The fourth-order valence-electron chi connectivity index (χ4n) is 3.64. The summed E-state index contributed by atoms with van der Waals surface area (Å²) in [6, 6.07) is 14.5. The Morgan fingerprint density at radius 3 is 2.48 bits per heavy atom. The molecule has 0 fully saturated rings. The Kier molecular flexibility index (Phi) is 4.82. The van der Waals surface area contributed by atoms with Crippen molar-refractivity contribution in [2.45, 2.75) is 39.2 Å². The molecule has 0 N–H and O–H groups in total. The van der Waals surface area contributed by atoms with Gasteiger partial charge in [0.1, 0.15) is 17.1 Å².